The summed E-state index contributed by atoms with van der Waals surface area (Å²) in [5.74, 6) is 0. The molecule has 2 heterocycles. The van der Waals surface area contributed by atoms with Gasteiger partial charge in [0.25, 0.3) is 0 Å². The predicted octanol–water partition coefficient (Wildman–Crippen LogP) is 4.13. The average molecular weight is 251 g/mol. The molecular formula is C13H17NS2. The van der Waals surface area contributed by atoms with Crippen molar-refractivity contribution in [1.29, 1.82) is 0 Å². The summed E-state index contributed by atoms with van der Waals surface area (Å²) in [7, 11) is 0. The molecule has 1 nitrogen and oxygen atoms in total. The maximum atomic E-state index is 3.57. The van der Waals surface area contributed by atoms with E-state index in [1.54, 1.807) is 11.3 Å². The maximum Gasteiger partial charge on any atom is 0.0681 e. The van der Waals surface area contributed by atoms with Crippen LogP contribution in [0.5, 0.6) is 0 Å². The van der Waals surface area contributed by atoms with Crippen LogP contribution in [0.4, 0.5) is 0 Å². The van der Waals surface area contributed by atoms with Crippen LogP contribution in [0.3, 0.4) is 0 Å². The van der Waals surface area contributed by atoms with Crippen molar-refractivity contribution in [3.63, 3.8) is 0 Å². The van der Waals surface area contributed by atoms with Crippen LogP contribution >= 0.6 is 22.7 Å². The average Bonchev–Trinajstić information content (AvgIpc) is 2.84. The molecule has 0 saturated carbocycles. The Labute approximate surface area is 105 Å². The summed E-state index contributed by atoms with van der Waals surface area (Å²) >= 11 is 3.67. The summed E-state index contributed by atoms with van der Waals surface area (Å²) < 4.78 is 0. The predicted molar refractivity (Wildman–Crippen MR) is 73.6 cm³/mol. The summed E-state index contributed by atoms with van der Waals surface area (Å²) in [6, 6.07) is 4.81. The van der Waals surface area contributed by atoms with Crippen molar-refractivity contribution in [3.8, 4) is 0 Å². The molecule has 0 aliphatic rings. The van der Waals surface area contributed by atoms with Crippen LogP contribution in [-0.4, -0.2) is 6.54 Å². The second kappa shape index (κ2) is 5.13. The standard InChI is InChI=1S/C13H17NS2/c1-4-14-13(11-8-15-7-9(11)2)12-6-5-10(3)16-12/h5-8,13-14H,4H2,1-3H3. The molecule has 2 aromatic heterocycles. The minimum atomic E-state index is 0.370. The van der Waals surface area contributed by atoms with Gasteiger partial charge in [-0.2, -0.15) is 11.3 Å². The summed E-state index contributed by atoms with van der Waals surface area (Å²) in [5.41, 5.74) is 2.82. The first-order chi connectivity index (χ1) is 7.72. The zero-order valence-corrected chi connectivity index (χ0v) is 11.5. The molecule has 0 aromatic carbocycles. The SMILES string of the molecule is CCNC(c1ccc(C)s1)c1cscc1C. The third kappa shape index (κ3) is 2.37. The molecular weight excluding hydrogens is 234 g/mol. The monoisotopic (exact) mass is 251 g/mol. The fraction of sp³-hybridized carbons (Fsp3) is 0.385. The molecule has 3 heteroatoms. The largest absolute Gasteiger partial charge is 0.306 e. The Morgan fingerprint density at radius 1 is 1.25 bits per heavy atom. The first-order valence-electron chi connectivity index (χ1n) is 5.54. The van der Waals surface area contributed by atoms with E-state index in [1.807, 2.05) is 11.3 Å². The van der Waals surface area contributed by atoms with Gasteiger partial charge >= 0.3 is 0 Å². The Balaban J connectivity index is 2.34. The highest BCUT2D eigenvalue weighted by atomic mass is 32.1. The molecule has 0 bridgehead atoms. The lowest BCUT2D eigenvalue weighted by Crippen LogP contribution is -2.21. The molecule has 1 unspecified atom stereocenters. The van der Waals surface area contributed by atoms with Gasteiger partial charge in [0, 0.05) is 9.75 Å². The van der Waals surface area contributed by atoms with Crippen molar-refractivity contribution in [1.82, 2.24) is 5.32 Å². The maximum absolute atomic E-state index is 3.57. The Bertz CT molecular complexity index is 456. The highest BCUT2D eigenvalue weighted by molar-refractivity contribution is 7.12. The van der Waals surface area contributed by atoms with Gasteiger partial charge < -0.3 is 5.32 Å². The van der Waals surface area contributed by atoms with Gasteiger partial charge in [0.05, 0.1) is 6.04 Å². The molecule has 0 aliphatic carbocycles. The van der Waals surface area contributed by atoms with Crippen molar-refractivity contribution in [2.24, 2.45) is 0 Å². The van der Waals surface area contributed by atoms with E-state index in [0.717, 1.165) is 6.54 Å². The van der Waals surface area contributed by atoms with Crippen molar-refractivity contribution in [3.05, 3.63) is 43.8 Å². The van der Waals surface area contributed by atoms with Crippen molar-refractivity contribution >= 4 is 22.7 Å². The Morgan fingerprint density at radius 3 is 2.56 bits per heavy atom. The first-order valence-corrected chi connectivity index (χ1v) is 7.30. The minimum Gasteiger partial charge on any atom is -0.306 e. The van der Waals surface area contributed by atoms with Crippen LogP contribution in [0.2, 0.25) is 0 Å². The van der Waals surface area contributed by atoms with E-state index >= 15 is 0 Å². The van der Waals surface area contributed by atoms with Crippen molar-refractivity contribution < 1.29 is 0 Å². The van der Waals surface area contributed by atoms with Gasteiger partial charge in [-0.1, -0.05) is 6.92 Å². The summed E-state index contributed by atoms with van der Waals surface area (Å²) in [6.07, 6.45) is 0. The Morgan fingerprint density at radius 2 is 2.06 bits per heavy atom. The van der Waals surface area contributed by atoms with Gasteiger partial charge in [-0.25, -0.2) is 0 Å². The lowest BCUT2D eigenvalue weighted by Gasteiger charge is -2.16. The molecule has 0 radical (unpaired) electrons. The number of aryl methyl sites for hydroxylation is 2. The van der Waals surface area contributed by atoms with Crippen LogP contribution < -0.4 is 5.32 Å². The Hall–Kier alpha value is -0.640. The van der Waals surface area contributed by atoms with Crippen LogP contribution in [0.25, 0.3) is 0 Å². The number of rotatable bonds is 4. The molecule has 0 spiro atoms. The van der Waals surface area contributed by atoms with E-state index < -0.39 is 0 Å². The summed E-state index contributed by atoms with van der Waals surface area (Å²) in [6.45, 7) is 7.51. The van der Waals surface area contributed by atoms with Crippen molar-refractivity contribution in [2.75, 3.05) is 6.54 Å². The second-order valence-electron chi connectivity index (χ2n) is 3.95. The van der Waals surface area contributed by atoms with Gasteiger partial charge in [-0.3, -0.25) is 0 Å². The van der Waals surface area contributed by atoms with Crippen LogP contribution in [0, 0.1) is 13.8 Å². The molecule has 2 aromatic rings. The van der Waals surface area contributed by atoms with E-state index in [9.17, 15) is 0 Å². The highest BCUT2D eigenvalue weighted by Gasteiger charge is 2.17. The van der Waals surface area contributed by atoms with Crippen LogP contribution in [0.15, 0.2) is 22.9 Å². The van der Waals surface area contributed by atoms with E-state index in [2.05, 4.69) is 49.0 Å². The van der Waals surface area contributed by atoms with Crippen LogP contribution in [0.1, 0.15) is 33.8 Å². The third-order valence-electron chi connectivity index (χ3n) is 2.66. The van der Waals surface area contributed by atoms with Gasteiger partial charge in [0.2, 0.25) is 0 Å². The minimum absolute atomic E-state index is 0.370. The lowest BCUT2D eigenvalue weighted by atomic mass is 10.1. The third-order valence-corrected chi connectivity index (χ3v) is 4.61. The number of hydrogen-bond donors (Lipinski definition) is 1. The van der Waals surface area contributed by atoms with Crippen LogP contribution in [-0.2, 0) is 0 Å². The zero-order valence-electron chi connectivity index (χ0n) is 9.91. The molecule has 0 saturated heterocycles. The zero-order chi connectivity index (χ0) is 11.5. The molecule has 86 valence electrons. The summed E-state index contributed by atoms with van der Waals surface area (Å²) in [4.78, 5) is 2.80. The van der Waals surface area contributed by atoms with Crippen molar-refractivity contribution in [2.45, 2.75) is 26.8 Å². The van der Waals surface area contributed by atoms with Gasteiger partial charge in [0.1, 0.15) is 0 Å². The number of nitrogens with one attached hydrogen (secondary N) is 1. The molecule has 1 N–H and O–H groups in total. The first kappa shape index (κ1) is 11.8. The van der Waals surface area contributed by atoms with Gasteiger partial charge in [-0.05, 0) is 54.4 Å². The Kier molecular flexibility index (Phi) is 3.79. The van der Waals surface area contributed by atoms with Gasteiger partial charge in [-0.15, -0.1) is 11.3 Å². The highest BCUT2D eigenvalue weighted by Crippen LogP contribution is 2.31. The number of hydrogen-bond acceptors (Lipinski definition) is 3. The topological polar surface area (TPSA) is 12.0 Å². The van der Waals surface area contributed by atoms with E-state index in [4.69, 9.17) is 0 Å². The van der Waals surface area contributed by atoms with Gasteiger partial charge in [0.15, 0.2) is 0 Å². The van der Waals surface area contributed by atoms with E-state index in [1.165, 1.54) is 20.9 Å². The molecule has 0 aliphatic heterocycles. The van der Waals surface area contributed by atoms with E-state index in [0.29, 0.717) is 6.04 Å². The fourth-order valence-electron chi connectivity index (χ4n) is 1.84. The smallest absolute Gasteiger partial charge is 0.0681 e. The lowest BCUT2D eigenvalue weighted by molar-refractivity contribution is 0.639. The molecule has 16 heavy (non-hydrogen) atoms. The van der Waals surface area contributed by atoms with E-state index in [-0.39, 0.29) is 0 Å². The molecule has 0 fully saturated rings. The fourth-order valence-corrected chi connectivity index (χ4v) is 3.69. The number of thiophene rings is 2. The molecule has 2 rings (SSSR count). The second-order valence-corrected chi connectivity index (χ2v) is 6.01. The quantitative estimate of drug-likeness (QED) is 0.861. The molecule has 0 amide bonds. The summed E-state index contributed by atoms with van der Waals surface area (Å²) in [5, 5.41) is 8.06. The normalized spacial score (nSPS) is 12.9. The molecule has 1 atom stereocenters.